The van der Waals surface area contributed by atoms with Gasteiger partial charge < -0.3 is 10.6 Å². The molecular formula is C24H20F7N9O2S. The third-order valence-electron chi connectivity index (χ3n) is 5.60. The molecule has 0 fully saturated rings. The molecule has 0 spiro atoms. The number of amides is 2. The van der Waals surface area contributed by atoms with E-state index in [1.165, 1.54) is 18.3 Å². The summed E-state index contributed by atoms with van der Waals surface area (Å²) in [6, 6.07) is 5.28. The molecule has 11 nitrogen and oxygen atoms in total. The van der Waals surface area contributed by atoms with Crippen LogP contribution in [0.15, 0.2) is 42.7 Å². The lowest BCUT2D eigenvalue weighted by Gasteiger charge is -2.08. The number of hydrogen-bond acceptors (Lipinski definition) is 9. The fourth-order valence-electron chi connectivity index (χ4n) is 3.45. The maximum absolute atomic E-state index is 14.6. The van der Waals surface area contributed by atoms with E-state index in [4.69, 9.17) is 0 Å². The van der Waals surface area contributed by atoms with Gasteiger partial charge in [-0.25, -0.2) is 14.1 Å². The van der Waals surface area contributed by atoms with Gasteiger partial charge in [0, 0.05) is 12.6 Å². The minimum atomic E-state index is -4.62. The molecule has 4 aromatic heterocycles. The molecule has 228 valence electrons. The molecule has 1 atom stereocenters. The van der Waals surface area contributed by atoms with Crippen molar-refractivity contribution in [2.24, 2.45) is 0 Å². The van der Waals surface area contributed by atoms with Crippen LogP contribution in [0.5, 0.6) is 0 Å². The average molecular weight is 632 g/mol. The predicted octanol–water partition coefficient (Wildman–Crippen LogP) is 3.79. The van der Waals surface area contributed by atoms with Crippen molar-refractivity contribution in [1.29, 1.82) is 0 Å². The van der Waals surface area contributed by atoms with Gasteiger partial charge in [-0.2, -0.15) is 26.3 Å². The number of aryl methyl sites for hydroxylation is 1. The number of alkyl halides is 7. The second kappa shape index (κ2) is 13.2. The van der Waals surface area contributed by atoms with Crippen molar-refractivity contribution in [2.75, 3.05) is 0 Å². The van der Waals surface area contributed by atoms with Crippen LogP contribution in [0.1, 0.15) is 54.4 Å². The lowest BCUT2D eigenvalue weighted by Crippen LogP contribution is -2.23. The van der Waals surface area contributed by atoms with Gasteiger partial charge in [0.25, 0.3) is 11.8 Å². The lowest BCUT2D eigenvalue weighted by atomic mass is 10.2. The van der Waals surface area contributed by atoms with Gasteiger partial charge in [0.05, 0.1) is 42.8 Å². The van der Waals surface area contributed by atoms with Gasteiger partial charge in [-0.05, 0) is 30.7 Å². The molecule has 0 aliphatic carbocycles. The van der Waals surface area contributed by atoms with E-state index in [9.17, 15) is 40.3 Å². The van der Waals surface area contributed by atoms with Crippen molar-refractivity contribution >= 4 is 23.2 Å². The quantitative estimate of drug-likeness (QED) is 0.239. The summed E-state index contributed by atoms with van der Waals surface area (Å²) in [6.07, 6.45) is -8.66. The van der Waals surface area contributed by atoms with Crippen LogP contribution >= 0.6 is 11.3 Å². The number of aromatic nitrogens is 7. The van der Waals surface area contributed by atoms with Gasteiger partial charge in [-0.3, -0.25) is 14.6 Å². The summed E-state index contributed by atoms with van der Waals surface area (Å²) in [5.41, 5.74) is -1.97. The van der Waals surface area contributed by atoms with E-state index in [-0.39, 0.29) is 54.6 Å². The minimum absolute atomic E-state index is 0.00177. The van der Waals surface area contributed by atoms with Crippen LogP contribution in [-0.2, 0) is 38.4 Å². The van der Waals surface area contributed by atoms with Gasteiger partial charge in [0.1, 0.15) is 16.9 Å². The van der Waals surface area contributed by atoms with Crippen LogP contribution in [-0.4, -0.2) is 53.1 Å². The third-order valence-corrected chi connectivity index (χ3v) is 6.58. The molecule has 0 aliphatic rings. The molecule has 0 saturated carbocycles. The Hall–Kier alpha value is -4.55. The zero-order valence-electron chi connectivity index (χ0n) is 21.7. The number of rotatable bonds is 11. The van der Waals surface area contributed by atoms with Crippen LogP contribution < -0.4 is 10.6 Å². The fraction of sp³-hybridized carbons (Fsp3) is 0.333. The molecule has 0 saturated heterocycles. The topological polar surface area (TPSA) is 140 Å². The van der Waals surface area contributed by atoms with Gasteiger partial charge >= 0.3 is 12.4 Å². The Morgan fingerprint density at radius 2 is 1.65 bits per heavy atom. The highest BCUT2D eigenvalue weighted by Gasteiger charge is 2.32. The second-order valence-electron chi connectivity index (χ2n) is 8.88. The summed E-state index contributed by atoms with van der Waals surface area (Å²) in [4.78, 5) is 31.7. The summed E-state index contributed by atoms with van der Waals surface area (Å²) in [6.45, 7) is -0.690. The van der Waals surface area contributed by atoms with Gasteiger partial charge in [0.15, 0.2) is 5.69 Å². The van der Waals surface area contributed by atoms with Gasteiger partial charge in [-0.15, -0.1) is 15.3 Å². The summed E-state index contributed by atoms with van der Waals surface area (Å²) < 4.78 is 91.9. The number of pyridine rings is 2. The predicted molar refractivity (Wildman–Crippen MR) is 134 cm³/mol. The summed E-state index contributed by atoms with van der Waals surface area (Å²) >= 11 is 0.896. The molecule has 0 aromatic carbocycles. The Bertz CT molecular complexity index is 1560. The highest BCUT2D eigenvalue weighted by atomic mass is 32.1. The van der Waals surface area contributed by atoms with Crippen LogP contribution in [0.4, 0.5) is 30.7 Å². The maximum Gasteiger partial charge on any atom is 0.433 e. The van der Waals surface area contributed by atoms with Crippen molar-refractivity contribution in [3.8, 4) is 0 Å². The fourth-order valence-corrected chi connectivity index (χ4v) is 4.22. The minimum Gasteiger partial charge on any atom is -0.345 e. The van der Waals surface area contributed by atoms with E-state index in [0.29, 0.717) is 11.2 Å². The normalized spacial score (nSPS) is 12.6. The molecule has 19 heteroatoms. The zero-order valence-corrected chi connectivity index (χ0v) is 22.5. The number of halogens is 7. The Balaban J connectivity index is 1.20. The molecule has 0 aliphatic heterocycles. The largest absolute Gasteiger partial charge is 0.433 e. The second-order valence-corrected chi connectivity index (χ2v) is 9.94. The number of carbonyl (C=O) groups is 2. The van der Waals surface area contributed by atoms with Crippen molar-refractivity contribution in [2.45, 2.75) is 51.0 Å². The van der Waals surface area contributed by atoms with E-state index in [1.807, 2.05) is 0 Å². The standard InChI is InChI=1S/C24H20F7N9O2S/c25-14(11-40-12-17(36-39-40)20(41)33-9-15-6-4-13(8-32-15)23(26,27)28)5-7-19-37-38-22(43-19)21(42)34-10-16-2-1-3-18(35-16)24(29,30)31/h1-4,6,8,12,14H,5,7,9-11H2,(H,33,41)(H,34,42). The molecule has 2 amide bonds. The average Bonchev–Trinajstić information content (AvgIpc) is 3.63. The Morgan fingerprint density at radius 3 is 2.35 bits per heavy atom. The number of carbonyl (C=O) groups excluding carboxylic acids is 2. The van der Waals surface area contributed by atoms with E-state index >= 15 is 0 Å². The summed E-state index contributed by atoms with van der Waals surface area (Å²) in [7, 11) is 0. The Kier molecular flexibility index (Phi) is 9.62. The first-order valence-corrected chi connectivity index (χ1v) is 13.1. The SMILES string of the molecule is O=C(NCc1ccc(C(F)(F)F)cn1)c1cn(CC(F)CCc2nnc(C(=O)NCc3cccc(C(F)(F)F)n3)s2)nn1. The summed E-state index contributed by atoms with van der Waals surface area (Å²) in [5, 5.41) is 20.1. The van der Waals surface area contributed by atoms with Crippen LogP contribution in [0, 0.1) is 0 Å². The maximum atomic E-state index is 14.6. The first kappa shape index (κ1) is 31.4. The van der Waals surface area contributed by atoms with Gasteiger partial charge in [0.2, 0.25) is 5.01 Å². The van der Waals surface area contributed by atoms with Crippen molar-refractivity contribution < 1.29 is 40.3 Å². The van der Waals surface area contributed by atoms with Crippen molar-refractivity contribution in [3.05, 3.63) is 81.1 Å². The third kappa shape index (κ3) is 8.97. The van der Waals surface area contributed by atoms with E-state index in [1.54, 1.807) is 0 Å². The first-order valence-electron chi connectivity index (χ1n) is 12.3. The Morgan fingerprint density at radius 1 is 0.907 bits per heavy atom. The first-order chi connectivity index (χ1) is 20.3. The lowest BCUT2D eigenvalue weighted by molar-refractivity contribution is -0.141. The molecule has 0 bridgehead atoms. The molecular weight excluding hydrogens is 611 g/mol. The van der Waals surface area contributed by atoms with Crippen LogP contribution in [0.2, 0.25) is 0 Å². The molecule has 4 aromatic rings. The smallest absolute Gasteiger partial charge is 0.345 e. The number of nitrogens with one attached hydrogen (secondary N) is 2. The van der Waals surface area contributed by atoms with Crippen LogP contribution in [0.3, 0.4) is 0 Å². The van der Waals surface area contributed by atoms with E-state index in [2.05, 4.69) is 41.1 Å². The number of nitrogens with zero attached hydrogens (tertiary/aromatic N) is 7. The van der Waals surface area contributed by atoms with Crippen molar-refractivity contribution in [3.63, 3.8) is 0 Å². The molecule has 1 unspecified atom stereocenters. The van der Waals surface area contributed by atoms with E-state index in [0.717, 1.165) is 34.2 Å². The van der Waals surface area contributed by atoms with Crippen molar-refractivity contribution in [1.82, 2.24) is 45.8 Å². The summed E-state index contributed by atoms with van der Waals surface area (Å²) in [5.74, 6) is -1.37. The molecule has 4 heterocycles. The monoisotopic (exact) mass is 631 g/mol. The zero-order chi connectivity index (χ0) is 31.2. The Labute approximate surface area is 241 Å². The van der Waals surface area contributed by atoms with E-state index < -0.39 is 41.6 Å². The molecule has 4 rings (SSSR count). The highest BCUT2D eigenvalue weighted by Crippen LogP contribution is 2.28. The van der Waals surface area contributed by atoms with Gasteiger partial charge in [-0.1, -0.05) is 22.6 Å². The highest BCUT2D eigenvalue weighted by molar-refractivity contribution is 7.13. The number of hydrogen-bond donors (Lipinski definition) is 2. The van der Waals surface area contributed by atoms with Crippen LogP contribution in [0.25, 0.3) is 0 Å². The molecule has 43 heavy (non-hydrogen) atoms. The molecule has 2 N–H and O–H groups in total. The molecule has 0 radical (unpaired) electrons.